The third-order valence-corrected chi connectivity index (χ3v) is 8.93. The van der Waals surface area contributed by atoms with E-state index in [1.165, 1.54) is 0 Å². The molecule has 1 aliphatic rings. The van der Waals surface area contributed by atoms with Crippen molar-refractivity contribution in [3.8, 4) is 16.9 Å². The molecule has 198 valence electrons. The van der Waals surface area contributed by atoms with E-state index in [1.54, 1.807) is 19.5 Å². The number of rotatable bonds is 7. The molecule has 0 atom stereocenters. The number of hydrogen-bond donors (Lipinski definition) is 1. The smallest absolute Gasteiger partial charge is 0.266 e. The molecule has 0 unspecified atom stereocenters. The fourth-order valence-electron chi connectivity index (χ4n) is 5.19. The molecule has 1 fully saturated rings. The molecule has 1 amide bonds. The Balaban J connectivity index is 1.55. The number of amides is 1. The van der Waals surface area contributed by atoms with Crippen LogP contribution in [-0.4, -0.2) is 42.0 Å². The maximum Gasteiger partial charge on any atom is 0.266 e. The zero-order chi connectivity index (χ0) is 26.8. The summed E-state index contributed by atoms with van der Waals surface area (Å²) >= 11 is 7.44. The Morgan fingerprint density at radius 1 is 1.08 bits per heavy atom. The molecule has 5 rings (SSSR count). The third-order valence-electron chi connectivity index (χ3n) is 7.25. The molecule has 38 heavy (non-hydrogen) atoms. The van der Waals surface area contributed by atoms with E-state index in [-0.39, 0.29) is 31.9 Å². The largest absolute Gasteiger partial charge is 0.497 e. The summed E-state index contributed by atoms with van der Waals surface area (Å²) in [6, 6.07) is 12.2. The molecule has 0 spiro atoms. The van der Waals surface area contributed by atoms with Crippen LogP contribution in [0, 0.1) is 11.6 Å². The lowest BCUT2D eigenvalue weighted by Gasteiger charge is -2.37. The number of fused-ring (bicyclic) bond motifs is 1. The average molecular weight is 556 g/mol. The average Bonchev–Trinajstić information content (AvgIpc) is 3.32. The van der Waals surface area contributed by atoms with Gasteiger partial charge in [-0.05, 0) is 91.9 Å². The lowest BCUT2D eigenvalue weighted by Crippen LogP contribution is -2.44. The lowest BCUT2D eigenvalue weighted by molar-refractivity contribution is 0.0606. The minimum atomic E-state index is -0.641. The van der Waals surface area contributed by atoms with Gasteiger partial charge in [0.1, 0.15) is 22.3 Å². The van der Waals surface area contributed by atoms with Gasteiger partial charge in [0.05, 0.1) is 22.2 Å². The van der Waals surface area contributed by atoms with Crippen LogP contribution in [0.4, 0.5) is 8.78 Å². The van der Waals surface area contributed by atoms with Crippen molar-refractivity contribution in [2.45, 2.75) is 44.3 Å². The summed E-state index contributed by atoms with van der Waals surface area (Å²) in [6.07, 6.45) is 6.93. The molecule has 1 aliphatic carbocycles. The van der Waals surface area contributed by atoms with Gasteiger partial charge in [-0.15, -0.1) is 11.3 Å². The van der Waals surface area contributed by atoms with E-state index in [0.29, 0.717) is 18.3 Å². The van der Waals surface area contributed by atoms with Crippen molar-refractivity contribution in [1.82, 2.24) is 15.2 Å². The van der Waals surface area contributed by atoms with Crippen LogP contribution < -0.4 is 10.1 Å². The fraction of sp³-hybridized carbons (Fsp3) is 0.310. The van der Waals surface area contributed by atoms with E-state index in [1.807, 2.05) is 42.3 Å². The Morgan fingerprint density at radius 2 is 1.79 bits per heavy atom. The predicted molar refractivity (Wildman–Crippen MR) is 148 cm³/mol. The van der Waals surface area contributed by atoms with E-state index >= 15 is 0 Å². The monoisotopic (exact) mass is 555 g/mol. The molecular formula is C29H28ClF2N3O2S. The molecule has 2 heterocycles. The molecule has 1 N–H and O–H groups in total. The Morgan fingerprint density at radius 3 is 2.45 bits per heavy atom. The quantitative estimate of drug-likeness (QED) is 0.265. The zero-order valence-electron chi connectivity index (χ0n) is 21.1. The number of carbonyl (C=O) groups is 1. The standard InChI is InChI=1S/C29H28ClF2N3O2S/c1-33-20-3-5-21(6-4-20)35(29(36)28-26(30)25-23(31)7-8-24(32)27(25)38-28)16-17-13-19(15-22(14-17)37-2)18-9-11-34-12-10-18/h7-15,20-21,33H,3-6,16H2,1-2H3/t20-,21-. The highest BCUT2D eigenvalue weighted by Gasteiger charge is 2.32. The number of hydrogen-bond acceptors (Lipinski definition) is 5. The predicted octanol–water partition coefficient (Wildman–Crippen LogP) is 7.08. The summed E-state index contributed by atoms with van der Waals surface area (Å²) in [6.45, 7) is 0.304. The van der Waals surface area contributed by atoms with E-state index in [9.17, 15) is 13.6 Å². The highest BCUT2D eigenvalue weighted by atomic mass is 35.5. The Bertz CT molecular complexity index is 1460. The molecule has 2 aromatic carbocycles. The first-order chi connectivity index (χ1) is 18.4. The van der Waals surface area contributed by atoms with Crippen molar-refractivity contribution < 1.29 is 18.3 Å². The summed E-state index contributed by atoms with van der Waals surface area (Å²) in [5, 5.41) is 3.25. The van der Waals surface area contributed by atoms with Crippen LogP contribution in [0.3, 0.4) is 0 Å². The van der Waals surface area contributed by atoms with Gasteiger partial charge in [-0.2, -0.15) is 0 Å². The van der Waals surface area contributed by atoms with Gasteiger partial charge in [0.2, 0.25) is 0 Å². The second-order valence-electron chi connectivity index (χ2n) is 9.51. The summed E-state index contributed by atoms with van der Waals surface area (Å²) < 4.78 is 34.7. The number of aromatic nitrogens is 1. The van der Waals surface area contributed by atoms with E-state index in [2.05, 4.69) is 10.3 Å². The maximum atomic E-state index is 14.6. The molecule has 0 radical (unpaired) electrons. The van der Waals surface area contributed by atoms with Crippen LogP contribution in [0.1, 0.15) is 40.9 Å². The molecule has 0 bridgehead atoms. The first-order valence-electron chi connectivity index (χ1n) is 12.5. The summed E-state index contributed by atoms with van der Waals surface area (Å²) in [5.41, 5.74) is 2.80. The van der Waals surface area contributed by atoms with Gasteiger partial charge in [0.25, 0.3) is 5.91 Å². The second-order valence-corrected chi connectivity index (χ2v) is 10.9. The molecule has 0 aliphatic heterocycles. The number of methoxy groups -OCH3 is 1. The number of nitrogens with zero attached hydrogens (tertiary/aromatic N) is 2. The van der Waals surface area contributed by atoms with Gasteiger partial charge in [0.15, 0.2) is 0 Å². The van der Waals surface area contributed by atoms with Gasteiger partial charge in [0, 0.05) is 31.0 Å². The highest BCUT2D eigenvalue weighted by molar-refractivity contribution is 7.21. The summed E-state index contributed by atoms with van der Waals surface area (Å²) in [7, 11) is 3.56. The van der Waals surface area contributed by atoms with Gasteiger partial charge in [-0.25, -0.2) is 8.78 Å². The second kappa shape index (κ2) is 11.4. The fourth-order valence-corrected chi connectivity index (χ4v) is 6.69. The summed E-state index contributed by atoms with van der Waals surface area (Å²) in [4.78, 5) is 20.1. The Kier molecular flexibility index (Phi) is 7.93. The highest BCUT2D eigenvalue weighted by Crippen LogP contribution is 2.40. The molecule has 1 saturated carbocycles. The van der Waals surface area contributed by atoms with E-state index < -0.39 is 11.6 Å². The number of nitrogens with one attached hydrogen (secondary N) is 1. The minimum absolute atomic E-state index is 0.0379. The van der Waals surface area contributed by atoms with Gasteiger partial charge in [-0.3, -0.25) is 9.78 Å². The molecule has 4 aromatic rings. The van der Waals surface area contributed by atoms with E-state index in [4.69, 9.17) is 16.3 Å². The molecule has 9 heteroatoms. The van der Waals surface area contributed by atoms with Crippen molar-refractivity contribution in [3.63, 3.8) is 0 Å². The topological polar surface area (TPSA) is 54.5 Å². The Labute approximate surface area is 229 Å². The van der Waals surface area contributed by atoms with Gasteiger partial charge >= 0.3 is 0 Å². The lowest BCUT2D eigenvalue weighted by atomic mass is 9.89. The number of halogens is 3. The number of pyridine rings is 1. The Hall–Kier alpha value is -3.07. The van der Waals surface area contributed by atoms with Crippen molar-refractivity contribution in [3.05, 3.63) is 82.0 Å². The SMILES string of the molecule is CN[C@H]1CC[C@H](N(Cc2cc(OC)cc(-c3ccncc3)c2)C(=O)c2sc3c(F)ccc(F)c3c2Cl)CC1. The van der Waals surface area contributed by atoms with Crippen molar-refractivity contribution in [1.29, 1.82) is 0 Å². The van der Waals surface area contributed by atoms with Crippen LogP contribution in [0.15, 0.2) is 54.9 Å². The van der Waals surface area contributed by atoms with Crippen LogP contribution >= 0.6 is 22.9 Å². The zero-order valence-corrected chi connectivity index (χ0v) is 22.7. The van der Waals surface area contributed by atoms with Crippen LogP contribution in [-0.2, 0) is 6.54 Å². The van der Waals surface area contributed by atoms with Gasteiger partial charge in [-0.1, -0.05) is 11.6 Å². The van der Waals surface area contributed by atoms with Crippen molar-refractivity contribution >= 4 is 38.9 Å². The van der Waals surface area contributed by atoms with Crippen LogP contribution in [0.2, 0.25) is 5.02 Å². The number of benzene rings is 2. The number of ether oxygens (including phenoxy) is 1. The first-order valence-corrected chi connectivity index (χ1v) is 13.7. The minimum Gasteiger partial charge on any atom is -0.497 e. The molecular weight excluding hydrogens is 528 g/mol. The van der Waals surface area contributed by atoms with Crippen LogP contribution in [0.5, 0.6) is 5.75 Å². The number of thiophene rings is 1. The maximum absolute atomic E-state index is 14.6. The van der Waals surface area contributed by atoms with Crippen molar-refractivity contribution in [2.24, 2.45) is 0 Å². The third kappa shape index (κ3) is 5.25. The van der Waals surface area contributed by atoms with Crippen molar-refractivity contribution in [2.75, 3.05) is 14.2 Å². The number of carbonyl (C=O) groups excluding carboxylic acids is 1. The summed E-state index contributed by atoms with van der Waals surface area (Å²) in [5.74, 6) is -0.887. The molecule has 2 aromatic heterocycles. The van der Waals surface area contributed by atoms with E-state index in [0.717, 1.165) is 65.8 Å². The van der Waals surface area contributed by atoms with Crippen LogP contribution in [0.25, 0.3) is 21.2 Å². The molecule has 0 saturated heterocycles. The molecule has 5 nitrogen and oxygen atoms in total. The first kappa shape index (κ1) is 26.5. The normalized spacial score (nSPS) is 17.5. The van der Waals surface area contributed by atoms with Gasteiger partial charge < -0.3 is 15.0 Å².